The Kier molecular flexibility index (Phi) is 5.41. The van der Waals surface area contributed by atoms with Crippen molar-refractivity contribution in [2.75, 3.05) is 6.54 Å². The first-order chi connectivity index (χ1) is 9.96. The molecule has 0 aromatic heterocycles. The van der Waals surface area contributed by atoms with Crippen molar-refractivity contribution in [3.63, 3.8) is 0 Å². The maximum atomic E-state index is 12.8. The summed E-state index contributed by atoms with van der Waals surface area (Å²) in [6.45, 7) is 4.66. The third-order valence-corrected chi connectivity index (χ3v) is 6.42. The average molecular weight is 310 g/mol. The Bertz CT molecular complexity index is 544. The van der Waals surface area contributed by atoms with Gasteiger partial charge in [-0.05, 0) is 63.8 Å². The lowest BCUT2D eigenvalue weighted by atomic mass is 10.0. The molecule has 1 aliphatic heterocycles. The molecule has 1 aromatic rings. The molecule has 0 radical (unpaired) electrons. The van der Waals surface area contributed by atoms with Crippen molar-refractivity contribution in [1.29, 1.82) is 0 Å². The quantitative estimate of drug-likeness (QED) is 0.909. The Labute approximate surface area is 128 Å². The van der Waals surface area contributed by atoms with Crippen LogP contribution in [0.2, 0.25) is 0 Å². The zero-order valence-corrected chi connectivity index (χ0v) is 13.8. The van der Waals surface area contributed by atoms with E-state index in [1.165, 1.54) is 0 Å². The van der Waals surface area contributed by atoms with Crippen molar-refractivity contribution >= 4 is 10.0 Å². The van der Waals surface area contributed by atoms with Crippen molar-refractivity contribution in [2.24, 2.45) is 5.73 Å². The summed E-state index contributed by atoms with van der Waals surface area (Å²) in [5, 5.41) is 0. The minimum absolute atomic E-state index is 0.0793. The smallest absolute Gasteiger partial charge is 0.243 e. The van der Waals surface area contributed by atoms with E-state index in [9.17, 15) is 8.42 Å². The number of benzene rings is 1. The first-order valence-electron chi connectivity index (χ1n) is 7.79. The molecule has 118 valence electrons. The molecular formula is C16H26N2O2S. The molecule has 1 heterocycles. The zero-order valence-electron chi connectivity index (χ0n) is 13.0. The molecule has 0 spiro atoms. The second-order valence-corrected chi connectivity index (χ2v) is 7.84. The van der Waals surface area contributed by atoms with Crippen molar-refractivity contribution in [1.82, 2.24) is 4.31 Å². The highest BCUT2D eigenvalue weighted by Gasteiger charge is 2.35. The van der Waals surface area contributed by atoms with Gasteiger partial charge in [-0.2, -0.15) is 4.31 Å². The molecule has 21 heavy (non-hydrogen) atoms. The van der Waals surface area contributed by atoms with Crippen LogP contribution in [0.5, 0.6) is 0 Å². The van der Waals surface area contributed by atoms with E-state index >= 15 is 0 Å². The fourth-order valence-electron chi connectivity index (χ4n) is 3.13. The summed E-state index contributed by atoms with van der Waals surface area (Å²) >= 11 is 0. The Morgan fingerprint density at radius 2 is 1.71 bits per heavy atom. The molecule has 2 N–H and O–H groups in total. The van der Waals surface area contributed by atoms with Crippen molar-refractivity contribution < 1.29 is 8.42 Å². The van der Waals surface area contributed by atoms with E-state index in [1.54, 1.807) is 16.4 Å². The van der Waals surface area contributed by atoms with E-state index in [0.717, 1.165) is 37.7 Å². The summed E-state index contributed by atoms with van der Waals surface area (Å²) in [4.78, 5) is 0.402. The number of nitrogens with two attached hydrogens (primary N) is 1. The summed E-state index contributed by atoms with van der Waals surface area (Å²) in [5.74, 6) is 0. The molecular weight excluding hydrogens is 284 g/mol. The van der Waals surface area contributed by atoms with Crippen molar-refractivity contribution in [2.45, 2.75) is 62.9 Å². The molecule has 1 saturated heterocycles. The minimum atomic E-state index is -3.39. The average Bonchev–Trinajstić information content (AvgIpc) is 2.45. The molecule has 1 fully saturated rings. The van der Waals surface area contributed by atoms with Gasteiger partial charge in [-0.3, -0.25) is 0 Å². The SMILES string of the molecule is CC1CCCC(C)N1S(=O)(=O)c1ccc(CCCN)cc1. The van der Waals surface area contributed by atoms with Crippen LogP contribution < -0.4 is 5.73 Å². The van der Waals surface area contributed by atoms with Crippen LogP contribution in [-0.4, -0.2) is 31.4 Å². The standard InChI is InChI=1S/C16H26N2O2S/c1-13-5-3-6-14(2)18(13)21(19,20)16-10-8-15(9-11-16)7-4-12-17/h8-11,13-14H,3-7,12,17H2,1-2H3. The number of rotatable bonds is 5. The Morgan fingerprint density at radius 3 is 2.24 bits per heavy atom. The normalized spacial score (nSPS) is 24.1. The molecule has 2 unspecified atom stereocenters. The van der Waals surface area contributed by atoms with Gasteiger partial charge in [-0.1, -0.05) is 18.6 Å². The van der Waals surface area contributed by atoms with E-state index < -0.39 is 10.0 Å². The number of piperidine rings is 1. The second kappa shape index (κ2) is 6.90. The van der Waals surface area contributed by atoms with Crippen LogP contribution in [0, 0.1) is 0 Å². The molecule has 0 bridgehead atoms. The number of hydrogen-bond acceptors (Lipinski definition) is 3. The first-order valence-corrected chi connectivity index (χ1v) is 9.23. The number of sulfonamides is 1. The number of nitrogens with zero attached hydrogens (tertiary/aromatic N) is 1. The summed E-state index contributed by atoms with van der Waals surface area (Å²) in [6, 6.07) is 7.43. The maximum absolute atomic E-state index is 12.8. The molecule has 0 aliphatic carbocycles. The van der Waals surface area contributed by atoms with Crippen LogP contribution in [-0.2, 0) is 16.4 Å². The Hall–Kier alpha value is -0.910. The highest BCUT2D eigenvalue weighted by atomic mass is 32.2. The third-order valence-electron chi connectivity index (χ3n) is 4.28. The van der Waals surface area contributed by atoms with E-state index in [4.69, 9.17) is 5.73 Å². The van der Waals surface area contributed by atoms with Gasteiger partial charge in [-0.15, -0.1) is 0 Å². The molecule has 1 aromatic carbocycles. The summed E-state index contributed by atoms with van der Waals surface area (Å²) in [5.41, 5.74) is 6.64. The van der Waals surface area contributed by atoms with Gasteiger partial charge in [0.2, 0.25) is 10.0 Å². The second-order valence-electron chi connectivity index (χ2n) is 6.00. The van der Waals surface area contributed by atoms with E-state index in [1.807, 2.05) is 26.0 Å². The monoisotopic (exact) mass is 310 g/mol. The van der Waals surface area contributed by atoms with Gasteiger partial charge >= 0.3 is 0 Å². The van der Waals surface area contributed by atoms with Crippen LogP contribution in [0.3, 0.4) is 0 Å². The fourth-order valence-corrected chi connectivity index (χ4v) is 5.01. The van der Waals surface area contributed by atoms with Gasteiger partial charge in [0, 0.05) is 12.1 Å². The lowest BCUT2D eigenvalue weighted by molar-refractivity contribution is 0.204. The fraction of sp³-hybridized carbons (Fsp3) is 0.625. The summed E-state index contributed by atoms with van der Waals surface area (Å²) in [6.07, 6.45) is 4.81. The predicted octanol–water partition coefficient (Wildman–Crippen LogP) is 2.53. The van der Waals surface area contributed by atoms with Crippen LogP contribution >= 0.6 is 0 Å². The molecule has 2 atom stereocenters. The van der Waals surface area contributed by atoms with Crippen LogP contribution in [0.25, 0.3) is 0 Å². The van der Waals surface area contributed by atoms with Gasteiger partial charge in [0.05, 0.1) is 4.90 Å². The molecule has 0 saturated carbocycles. The molecule has 5 heteroatoms. The van der Waals surface area contributed by atoms with Crippen LogP contribution in [0.4, 0.5) is 0 Å². The highest BCUT2D eigenvalue weighted by Crippen LogP contribution is 2.29. The van der Waals surface area contributed by atoms with E-state index in [-0.39, 0.29) is 12.1 Å². The molecule has 4 nitrogen and oxygen atoms in total. The van der Waals surface area contributed by atoms with Gasteiger partial charge in [0.1, 0.15) is 0 Å². The number of aryl methyl sites for hydroxylation is 1. The van der Waals surface area contributed by atoms with Crippen LogP contribution in [0.1, 0.15) is 45.1 Å². The topological polar surface area (TPSA) is 63.4 Å². The molecule has 0 amide bonds. The van der Waals surface area contributed by atoms with E-state index in [2.05, 4.69) is 0 Å². The van der Waals surface area contributed by atoms with E-state index in [0.29, 0.717) is 11.4 Å². The lowest BCUT2D eigenvalue weighted by Crippen LogP contribution is -2.47. The third kappa shape index (κ3) is 3.65. The Morgan fingerprint density at radius 1 is 1.14 bits per heavy atom. The van der Waals surface area contributed by atoms with Crippen molar-refractivity contribution in [3.8, 4) is 0 Å². The van der Waals surface area contributed by atoms with Gasteiger partial charge in [-0.25, -0.2) is 8.42 Å². The zero-order chi connectivity index (χ0) is 15.5. The van der Waals surface area contributed by atoms with Gasteiger partial charge in [0.15, 0.2) is 0 Å². The lowest BCUT2D eigenvalue weighted by Gasteiger charge is -2.37. The predicted molar refractivity (Wildman–Crippen MR) is 85.6 cm³/mol. The summed E-state index contributed by atoms with van der Waals surface area (Å²) in [7, 11) is -3.39. The van der Waals surface area contributed by atoms with Crippen molar-refractivity contribution in [3.05, 3.63) is 29.8 Å². The Balaban J connectivity index is 2.22. The maximum Gasteiger partial charge on any atom is 0.243 e. The number of hydrogen-bond donors (Lipinski definition) is 1. The minimum Gasteiger partial charge on any atom is -0.330 e. The van der Waals surface area contributed by atoms with Crippen LogP contribution in [0.15, 0.2) is 29.2 Å². The van der Waals surface area contributed by atoms with Gasteiger partial charge < -0.3 is 5.73 Å². The first kappa shape index (κ1) is 16.5. The highest BCUT2D eigenvalue weighted by molar-refractivity contribution is 7.89. The molecule has 2 rings (SSSR count). The summed E-state index contributed by atoms with van der Waals surface area (Å²) < 4.78 is 27.4. The largest absolute Gasteiger partial charge is 0.330 e. The van der Waals surface area contributed by atoms with Gasteiger partial charge in [0.25, 0.3) is 0 Å². The molecule has 1 aliphatic rings.